The van der Waals surface area contributed by atoms with Gasteiger partial charge in [0.15, 0.2) is 5.13 Å². The van der Waals surface area contributed by atoms with Gasteiger partial charge in [0.1, 0.15) is 5.60 Å². The quantitative estimate of drug-likeness (QED) is 0.898. The first-order chi connectivity index (χ1) is 9.65. The van der Waals surface area contributed by atoms with Gasteiger partial charge < -0.3 is 10.5 Å². The minimum Gasteiger partial charge on any atom is -0.444 e. The second-order valence-corrected chi connectivity index (χ2v) is 8.30. The standard InChI is InChI=1S/C15H23N3O2S/c1-9-10(14(5-6-14)15(16)7-8-15)21-11(17-9)18-12(19)20-13(2,3)4/h5-8,16H2,1-4H3,(H,17,18,19). The number of hydrogen-bond acceptors (Lipinski definition) is 5. The normalized spacial score (nSPS) is 21.8. The Kier molecular flexibility index (Phi) is 3.12. The van der Waals surface area contributed by atoms with Crippen LogP contribution in [-0.4, -0.2) is 22.2 Å². The van der Waals surface area contributed by atoms with Crippen LogP contribution in [0.1, 0.15) is 57.0 Å². The molecule has 5 nitrogen and oxygen atoms in total. The monoisotopic (exact) mass is 309 g/mol. The van der Waals surface area contributed by atoms with Crippen LogP contribution in [-0.2, 0) is 10.2 Å². The van der Waals surface area contributed by atoms with E-state index in [2.05, 4.69) is 10.3 Å². The van der Waals surface area contributed by atoms with Crippen molar-refractivity contribution < 1.29 is 9.53 Å². The number of aryl methyl sites for hydroxylation is 1. The molecule has 0 radical (unpaired) electrons. The lowest BCUT2D eigenvalue weighted by atomic mass is 9.92. The van der Waals surface area contributed by atoms with Crippen LogP contribution in [0.4, 0.5) is 9.93 Å². The van der Waals surface area contributed by atoms with Crippen LogP contribution < -0.4 is 11.1 Å². The molecule has 6 heteroatoms. The van der Waals surface area contributed by atoms with Crippen molar-refractivity contribution in [3.63, 3.8) is 0 Å². The summed E-state index contributed by atoms with van der Waals surface area (Å²) < 4.78 is 5.26. The lowest BCUT2D eigenvalue weighted by Gasteiger charge is -2.21. The van der Waals surface area contributed by atoms with E-state index in [1.165, 1.54) is 4.88 Å². The first-order valence-electron chi connectivity index (χ1n) is 7.42. The van der Waals surface area contributed by atoms with Crippen molar-refractivity contribution in [1.29, 1.82) is 0 Å². The summed E-state index contributed by atoms with van der Waals surface area (Å²) in [4.78, 5) is 17.6. The van der Waals surface area contributed by atoms with Crippen molar-refractivity contribution in [2.45, 2.75) is 69.9 Å². The van der Waals surface area contributed by atoms with Crippen molar-refractivity contribution in [3.8, 4) is 0 Å². The molecule has 1 aromatic rings. The summed E-state index contributed by atoms with van der Waals surface area (Å²) in [6.07, 6.45) is 4.01. The number of carbonyl (C=O) groups excluding carboxylic acids is 1. The SMILES string of the molecule is Cc1nc(NC(=O)OC(C)(C)C)sc1C1(C2(N)CC2)CC1. The smallest absolute Gasteiger partial charge is 0.413 e. The molecular formula is C15H23N3O2S. The zero-order valence-electron chi connectivity index (χ0n) is 13.1. The number of hydrogen-bond donors (Lipinski definition) is 2. The molecule has 1 amide bonds. The number of aromatic nitrogens is 1. The summed E-state index contributed by atoms with van der Waals surface area (Å²) in [6.45, 7) is 7.53. The molecule has 2 fully saturated rings. The van der Waals surface area contributed by atoms with E-state index >= 15 is 0 Å². The van der Waals surface area contributed by atoms with Crippen LogP contribution in [0.25, 0.3) is 0 Å². The van der Waals surface area contributed by atoms with E-state index in [0.29, 0.717) is 5.13 Å². The van der Waals surface area contributed by atoms with E-state index in [0.717, 1.165) is 31.4 Å². The number of carbonyl (C=O) groups is 1. The molecule has 0 aromatic carbocycles. The highest BCUT2D eigenvalue weighted by molar-refractivity contribution is 7.16. The first-order valence-corrected chi connectivity index (χ1v) is 8.24. The Morgan fingerprint density at radius 2 is 1.95 bits per heavy atom. The van der Waals surface area contributed by atoms with Gasteiger partial charge in [-0.25, -0.2) is 9.78 Å². The third-order valence-electron chi connectivity index (χ3n) is 4.33. The third-order valence-corrected chi connectivity index (χ3v) is 5.61. The van der Waals surface area contributed by atoms with Gasteiger partial charge in [-0.3, -0.25) is 5.32 Å². The Hall–Kier alpha value is -1.14. The van der Waals surface area contributed by atoms with Gasteiger partial charge in [-0.1, -0.05) is 0 Å². The van der Waals surface area contributed by atoms with Crippen molar-refractivity contribution in [2.75, 3.05) is 5.32 Å². The largest absolute Gasteiger partial charge is 0.444 e. The van der Waals surface area contributed by atoms with Gasteiger partial charge >= 0.3 is 6.09 Å². The van der Waals surface area contributed by atoms with Crippen LogP contribution >= 0.6 is 11.3 Å². The average molecular weight is 309 g/mol. The van der Waals surface area contributed by atoms with Crippen molar-refractivity contribution in [3.05, 3.63) is 10.6 Å². The molecule has 1 heterocycles. The van der Waals surface area contributed by atoms with Crippen molar-refractivity contribution in [1.82, 2.24) is 4.98 Å². The van der Waals surface area contributed by atoms with Crippen molar-refractivity contribution in [2.24, 2.45) is 5.73 Å². The molecule has 2 aliphatic rings. The molecule has 1 aromatic heterocycles. The van der Waals surface area contributed by atoms with E-state index in [1.807, 2.05) is 27.7 Å². The van der Waals surface area contributed by atoms with Crippen LogP contribution in [0.15, 0.2) is 0 Å². The van der Waals surface area contributed by atoms with Gasteiger partial charge in [0.25, 0.3) is 0 Å². The van der Waals surface area contributed by atoms with Gasteiger partial charge in [0.05, 0.1) is 5.69 Å². The van der Waals surface area contributed by atoms with E-state index in [-0.39, 0.29) is 11.0 Å². The number of amides is 1. The topological polar surface area (TPSA) is 77.2 Å². The predicted molar refractivity (Wildman–Crippen MR) is 83.8 cm³/mol. The molecular weight excluding hydrogens is 286 g/mol. The molecule has 0 unspecified atom stereocenters. The summed E-state index contributed by atoms with van der Waals surface area (Å²) in [5.41, 5.74) is 7.01. The molecule has 2 saturated carbocycles. The highest BCUT2D eigenvalue weighted by Crippen LogP contribution is 2.65. The van der Waals surface area contributed by atoms with Crippen LogP contribution in [0.3, 0.4) is 0 Å². The minimum atomic E-state index is -0.508. The molecule has 0 saturated heterocycles. The summed E-state index contributed by atoms with van der Waals surface area (Å²) in [6, 6.07) is 0. The number of nitrogens with two attached hydrogens (primary N) is 1. The van der Waals surface area contributed by atoms with Gasteiger partial charge in [0.2, 0.25) is 0 Å². The Balaban J connectivity index is 1.75. The Bertz CT molecular complexity index is 580. The van der Waals surface area contributed by atoms with Gasteiger partial charge in [-0.2, -0.15) is 0 Å². The number of ether oxygens (including phenoxy) is 1. The van der Waals surface area contributed by atoms with Gasteiger partial charge in [0, 0.05) is 15.8 Å². The zero-order chi connectivity index (χ0) is 15.5. The summed E-state index contributed by atoms with van der Waals surface area (Å²) in [5, 5.41) is 3.34. The van der Waals surface area contributed by atoms with E-state index < -0.39 is 11.7 Å². The second kappa shape index (κ2) is 4.43. The maximum Gasteiger partial charge on any atom is 0.413 e. The molecule has 0 atom stereocenters. The second-order valence-electron chi connectivity index (χ2n) is 7.30. The highest BCUT2D eigenvalue weighted by Gasteiger charge is 2.65. The summed E-state index contributed by atoms with van der Waals surface area (Å²) in [7, 11) is 0. The van der Waals surface area contributed by atoms with Crippen molar-refractivity contribution >= 4 is 22.6 Å². The minimum absolute atomic E-state index is 0.0342. The van der Waals surface area contributed by atoms with Gasteiger partial charge in [-0.15, -0.1) is 11.3 Å². The number of thiazole rings is 1. The van der Waals surface area contributed by atoms with Crippen LogP contribution in [0, 0.1) is 6.92 Å². The molecule has 0 spiro atoms. The first kappa shape index (κ1) is 14.8. The summed E-state index contributed by atoms with van der Waals surface area (Å²) >= 11 is 1.55. The maximum atomic E-state index is 11.8. The van der Waals surface area contributed by atoms with Crippen LogP contribution in [0.2, 0.25) is 0 Å². The maximum absolute atomic E-state index is 11.8. The average Bonchev–Trinajstić information content (AvgIpc) is 3.20. The Morgan fingerprint density at radius 1 is 1.33 bits per heavy atom. The fourth-order valence-corrected chi connectivity index (χ4v) is 4.28. The van der Waals surface area contributed by atoms with Gasteiger partial charge in [-0.05, 0) is 53.4 Å². The number of anilines is 1. The lowest BCUT2D eigenvalue weighted by molar-refractivity contribution is 0.0636. The molecule has 3 N–H and O–H groups in total. The number of nitrogens with zero attached hydrogens (tertiary/aromatic N) is 1. The third kappa shape index (κ3) is 2.66. The fraction of sp³-hybridized carbons (Fsp3) is 0.733. The van der Waals surface area contributed by atoms with Crippen LogP contribution in [0.5, 0.6) is 0 Å². The summed E-state index contributed by atoms with van der Waals surface area (Å²) in [5.74, 6) is 0. The molecule has 0 aliphatic heterocycles. The molecule has 0 bridgehead atoms. The highest BCUT2D eigenvalue weighted by atomic mass is 32.1. The molecule has 2 aliphatic carbocycles. The number of rotatable bonds is 3. The fourth-order valence-electron chi connectivity index (χ4n) is 2.97. The zero-order valence-corrected chi connectivity index (χ0v) is 13.9. The lowest BCUT2D eigenvalue weighted by Crippen LogP contribution is -2.37. The van der Waals surface area contributed by atoms with E-state index in [9.17, 15) is 4.79 Å². The number of nitrogens with one attached hydrogen (secondary N) is 1. The molecule has 21 heavy (non-hydrogen) atoms. The predicted octanol–water partition coefficient (Wildman–Crippen LogP) is 3.32. The van der Waals surface area contributed by atoms with E-state index in [1.54, 1.807) is 11.3 Å². The molecule has 116 valence electrons. The van der Waals surface area contributed by atoms with E-state index in [4.69, 9.17) is 10.5 Å². The Morgan fingerprint density at radius 3 is 2.43 bits per heavy atom. The Labute approximate surface area is 129 Å². The molecule has 3 rings (SSSR count).